The van der Waals surface area contributed by atoms with Gasteiger partial charge >= 0.3 is 5.91 Å². The monoisotopic (exact) mass is 450 g/mol. The quantitative estimate of drug-likeness (QED) is 0.162. The van der Waals surface area contributed by atoms with Crippen LogP contribution in [-0.2, 0) is 30.3 Å². The largest absolute Gasteiger partial charge is 0.624 e. The molecule has 1 aromatic carbocycles. The van der Waals surface area contributed by atoms with Gasteiger partial charge in [-0.2, -0.15) is 0 Å². The number of nitrogens with one attached hydrogen (secondary N) is 2. The minimum Gasteiger partial charge on any atom is -0.624 e. The van der Waals surface area contributed by atoms with Crippen LogP contribution in [0, 0.1) is 5.21 Å². The summed E-state index contributed by atoms with van der Waals surface area (Å²) < 4.78 is 14.8. The van der Waals surface area contributed by atoms with E-state index in [9.17, 15) is 19.6 Å². The standard InChI is InChI=1S/C21H30N4O7/c22-6-8-30-10-12-32-13-11-31-9-7-23-17-3-1-2-15-16(17)14-25(29,21(15)28)18-4-5-19(26)24-20(18)27/h1-3,18,23H,4-14,22H2,(H,24,26,27). The summed E-state index contributed by atoms with van der Waals surface area (Å²) in [5, 5.41) is 18.8. The van der Waals surface area contributed by atoms with Gasteiger partial charge in [-0.05, 0) is 12.1 Å². The lowest BCUT2D eigenvalue weighted by Crippen LogP contribution is -2.60. The van der Waals surface area contributed by atoms with Crippen molar-refractivity contribution in [1.82, 2.24) is 5.32 Å². The smallest absolute Gasteiger partial charge is 0.347 e. The molecule has 3 amide bonds. The fourth-order valence-corrected chi connectivity index (χ4v) is 3.85. The number of imide groups is 1. The first kappa shape index (κ1) is 24.2. The van der Waals surface area contributed by atoms with Crippen molar-refractivity contribution in [3.05, 3.63) is 34.5 Å². The molecule has 1 fully saturated rings. The molecule has 1 aromatic rings. The highest BCUT2D eigenvalue weighted by molar-refractivity contribution is 6.02. The van der Waals surface area contributed by atoms with Gasteiger partial charge in [-0.25, -0.2) is 4.79 Å². The van der Waals surface area contributed by atoms with Gasteiger partial charge in [0, 0.05) is 37.2 Å². The molecule has 0 radical (unpaired) electrons. The predicted octanol–water partition coefficient (Wildman–Crippen LogP) is -0.119. The molecule has 2 aliphatic heterocycles. The van der Waals surface area contributed by atoms with Gasteiger partial charge in [0.05, 0.1) is 45.2 Å². The van der Waals surface area contributed by atoms with Crippen molar-refractivity contribution in [2.24, 2.45) is 5.73 Å². The molecule has 0 bridgehead atoms. The summed E-state index contributed by atoms with van der Waals surface area (Å²) in [5.41, 5.74) is 6.87. The van der Waals surface area contributed by atoms with E-state index in [0.29, 0.717) is 69.5 Å². The molecule has 0 spiro atoms. The fraction of sp³-hybridized carbons (Fsp3) is 0.571. The number of carbonyl (C=O) groups excluding carboxylic acids is 3. The van der Waals surface area contributed by atoms with E-state index >= 15 is 0 Å². The van der Waals surface area contributed by atoms with Gasteiger partial charge in [0.25, 0.3) is 5.91 Å². The molecule has 0 saturated carbocycles. The molecule has 2 aliphatic rings. The number of hydrogen-bond donors (Lipinski definition) is 3. The normalized spacial score (nSPS) is 22.7. The summed E-state index contributed by atoms with van der Waals surface area (Å²) >= 11 is 0. The Morgan fingerprint density at radius 2 is 1.75 bits per heavy atom. The maximum absolute atomic E-state index is 13.4. The molecule has 3 rings (SSSR count). The maximum atomic E-state index is 13.4. The van der Waals surface area contributed by atoms with Crippen molar-refractivity contribution in [3.63, 3.8) is 0 Å². The third kappa shape index (κ3) is 5.68. The number of hydrogen-bond acceptors (Lipinski definition) is 9. The van der Waals surface area contributed by atoms with Crippen LogP contribution in [0.2, 0.25) is 0 Å². The van der Waals surface area contributed by atoms with Crippen LogP contribution in [0.4, 0.5) is 5.69 Å². The topological polar surface area (TPSA) is 152 Å². The molecule has 2 atom stereocenters. The average Bonchev–Trinajstić information content (AvgIpc) is 3.03. The number of nitrogens with two attached hydrogens (primary N) is 1. The molecular formula is C21H30N4O7. The number of rotatable bonds is 13. The minimum absolute atomic E-state index is 0.0508. The lowest BCUT2D eigenvalue weighted by atomic mass is 10.0. The summed E-state index contributed by atoms with van der Waals surface area (Å²) in [6.07, 6.45) is 0.112. The Morgan fingerprint density at radius 3 is 2.44 bits per heavy atom. The van der Waals surface area contributed by atoms with E-state index in [1.54, 1.807) is 18.2 Å². The van der Waals surface area contributed by atoms with Gasteiger partial charge in [-0.1, -0.05) is 6.07 Å². The highest BCUT2D eigenvalue weighted by Gasteiger charge is 2.49. The number of carbonyl (C=O) groups is 3. The number of fused-ring (bicyclic) bond motifs is 1. The predicted molar refractivity (Wildman–Crippen MR) is 114 cm³/mol. The van der Waals surface area contributed by atoms with Crippen LogP contribution < -0.4 is 16.4 Å². The summed E-state index contributed by atoms with van der Waals surface area (Å²) in [6, 6.07) is 3.96. The van der Waals surface area contributed by atoms with Gasteiger partial charge in [0.1, 0.15) is 6.54 Å². The van der Waals surface area contributed by atoms with Crippen LogP contribution in [0.25, 0.3) is 0 Å². The van der Waals surface area contributed by atoms with Crippen LogP contribution in [0.15, 0.2) is 18.2 Å². The van der Waals surface area contributed by atoms with E-state index < -0.39 is 28.4 Å². The Bertz CT molecular complexity index is 834. The molecule has 2 heterocycles. The number of hydroxylamine groups is 3. The SMILES string of the molecule is NCCOCCOCCOCCNc1cccc2c1C[N+]([O-])(C1CCC(=O)NC1=O)C2=O. The third-order valence-corrected chi connectivity index (χ3v) is 5.42. The van der Waals surface area contributed by atoms with E-state index in [2.05, 4.69) is 10.6 Å². The van der Waals surface area contributed by atoms with Crippen LogP contribution in [0.5, 0.6) is 0 Å². The zero-order valence-electron chi connectivity index (χ0n) is 18.0. The number of piperidine rings is 1. The Kier molecular flexibility index (Phi) is 8.67. The number of nitrogens with zero attached hydrogens (tertiary/aromatic N) is 1. The number of quaternary nitrogens is 1. The summed E-state index contributed by atoms with van der Waals surface area (Å²) in [6.45, 7) is 3.59. The first-order valence-corrected chi connectivity index (χ1v) is 10.7. The number of amides is 3. The van der Waals surface area contributed by atoms with Gasteiger partial charge in [-0.15, -0.1) is 0 Å². The van der Waals surface area contributed by atoms with Gasteiger partial charge in [0.2, 0.25) is 5.91 Å². The molecule has 11 nitrogen and oxygen atoms in total. The summed E-state index contributed by atoms with van der Waals surface area (Å²) in [7, 11) is 0. The van der Waals surface area contributed by atoms with Crippen molar-refractivity contribution in [3.8, 4) is 0 Å². The van der Waals surface area contributed by atoms with Gasteiger partial charge in [-0.3, -0.25) is 19.6 Å². The van der Waals surface area contributed by atoms with E-state index in [4.69, 9.17) is 19.9 Å². The molecule has 11 heteroatoms. The van der Waals surface area contributed by atoms with Crippen molar-refractivity contribution in [2.45, 2.75) is 25.4 Å². The second-order valence-electron chi connectivity index (χ2n) is 7.61. The molecule has 0 aromatic heterocycles. The van der Waals surface area contributed by atoms with Crippen molar-refractivity contribution in [2.75, 3.05) is 58.0 Å². The molecule has 2 unspecified atom stereocenters. The molecule has 0 aliphatic carbocycles. The molecular weight excluding hydrogens is 420 g/mol. The molecule has 32 heavy (non-hydrogen) atoms. The fourth-order valence-electron chi connectivity index (χ4n) is 3.85. The Balaban J connectivity index is 1.46. The molecule has 4 N–H and O–H groups in total. The Hall–Kier alpha value is -2.41. The van der Waals surface area contributed by atoms with E-state index in [1.807, 2.05) is 0 Å². The summed E-state index contributed by atoms with van der Waals surface area (Å²) in [5.74, 6) is -1.76. The van der Waals surface area contributed by atoms with Crippen LogP contribution >= 0.6 is 0 Å². The number of anilines is 1. The van der Waals surface area contributed by atoms with E-state index in [1.165, 1.54) is 0 Å². The zero-order chi connectivity index (χ0) is 23.0. The Morgan fingerprint density at radius 1 is 1.06 bits per heavy atom. The van der Waals surface area contributed by atoms with Gasteiger partial charge < -0.3 is 30.5 Å². The van der Waals surface area contributed by atoms with Crippen LogP contribution in [-0.4, -0.2) is 81.1 Å². The zero-order valence-corrected chi connectivity index (χ0v) is 18.0. The maximum Gasteiger partial charge on any atom is 0.347 e. The molecule has 1 saturated heterocycles. The third-order valence-electron chi connectivity index (χ3n) is 5.42. The minimum atomic E-state index is -1.30. The number of ether oxygens (including phenoxy) is 3. The van der Waals surface area contributed by atoms with Crippen molar-refractivity contribution in [1.29, 1.82) is 0 Å². The first-order valence-electron chi connectivity index (χ1n) is 10.7. The highest BCUT2D eigenvalue weighted by Crippen LogP contribution is 2.37. The van der Waals surface area contributed by atoms with Crippen LogP contribution in [0.3, 0.4) is 0 Å². The second kappa shape index (κ2) is 11.5. The lowest BCUT2D eigenvalue weighted by Gasteiger charge is -2.42. The van der Waals surface area contributed by atoms with Gasteiger partial charge in [0.15, 0.2) is 6.04 Å². The number of benzene rings is 1. The Labute approximate surface area is 186 Å². The summed E-state index contributed by atoms with van der Waals surface area (Å²) in [4.78, 5) is 36.5. The average molecular weight is 450 g/mol. The van der Waals surface area contributed by atoms with E-state index in [0.717, 1.165) is 0 Å². The molecule has 176 valence electrons. The second-order valence-corrected chi connectivity index (χ2v) is 7.61. The van der Waals surface area contributed by atoms with Crippen molar-refractivity contribution >= 4 is 23.4 Å². The van der Waals surface area contributed by atoms with Crippen molar-refractivity contribution < 1.29 is 33.2 Å². The first-order chi connectivity index (χ1) is 15.5. The highest BCUT2D eigenvalue weighted by atomic mass is 16.6. The van der Waals surface area contributed by atoms with E-state index in [-0.39, 0.29) is 19.4 Å². The lowest BCUT2D eigenvalue weighted by molar-refractivity contribution is -0.825. The van der Waals surface area contributed by atoms with Crippen LogP contribution in [0.1, 0.15) is 28.8 Å².